The molecule has 0 amide bonds. The van der Waals surface area contributed by atoms with E-state index in [0.29, 0.717) is 29.5 Å². The molecule has 10 heteroatoms. The van der Waals surface area contributed by atoms with Crippen molar-refractivity contribution in [1.29, 1.82) is 0 Å². The number of carbonyl (C=O) groups is 1. The number of rotatable bonds is 4. The van der Waals surface area contributed by atoms with Gasteiger partial charge >= 0.3 is 57.4 Å². The Bertz CT molecular complexity index is 1090. The van der Waals surface area contributed by atoms with Crippen molar-refractivity contribution < 1.29 is 67.4 Å². The van der Waals surface area contributed by atoms with Crippen molar-refractivity contribution in [1.82, 2.24) is 19.7 Å². The first kappa shape index (κ1) is 22.4. The van der Waals surface area contributed by atoms with E-state index in [4.69, 9.17) is 4.74 Å². The first-order chi connectivity index (χ1) is 13.5. The quantitative estimate of drug-likeness (QED) is 0.526. The van der Waals surface area contributed by atoms with Crippen LogP contribution in [-0.4, -0.2) is 37.9 Å². The number of fused-ring (bicyclic) bond motifs is 3. The van der Waals surface area contributed by atoms with Crippen LogP contribution in [0, 0.1) is 0 Å². The predicted molar refractivity (Wildman–Crippen MR) is 108 cm³/mol. The number of benzene rings is 1. The second-order valence-corrected chi connectivity index (χ2v) is 7.41. The Hall–Kier alpha value is -1.30. The Kier molecular flexibility index (Phi) is 7.13. The Morgan fingerprint density at radius 1 is 1.34 bits per heavy atom. The van der Waals surface area contributed by atoms with E-state index in [-0.39, 0.29) is 58.5 Å². The molecule has 0 radical (unpaired) electrons. The summed E-state index contributed by atoms with van der Waals surface area (Å²) in [6, 6.07) is 5.61. The van der Waals surface area contributed by atoms with Gasteiger partial charge in [0.2, 0.25) is 5.95 Å². The minimum absolute atomic E-state index is 0. The largest absolute Gasteiger partial charge is 1.00 e. The van der Waals surface area contributed by atoms with Crippen LogP contribution in [0.3, 0.4) is 0 Å². The van der Waals surface area contributed by atoms with E-state index >= 15 is 0 Å². The fraction of sp³-hybridized carbons (Fsp3) is 0.263. The van der Waals surface area contributed by atoms with E-state index < -0.39 is 5.97 Å². The van der Waals surface area contributed by atoms with Crippen LogP contribution in [0.2, 0.25) is 0 Å². The van der Waals surface area contributed by atoms with Gasteiger partial charge in [0.25, 0.3) is 0 Å². The topological polar surface area (TPSA) is 102 Å². The third-order valence-corrected chi connectivity index (χ3v) is 5.21. The summed E-state index contributed by atoms with van der Waals surface area (Å²) < 4.78 is 7.72. The van der Waals surface area contributed by atoms with E-state index in [1.807, 2.05) is 18.2 Å². The Morgan fingerprint density at radius 3 is 2.86 bits per heavy atom. The number of hydrogen-bond donors (Lipinski definition) is 2. The van der Waals surface area contributed by atoms with E-state index in [9.17, 15) is 9.90 Å². The van der Waals surface area contributed by atoms with Crippen LogP contribution in [0.15, 0.2) is 28.9 Å². The van der Waals surface area contributed by atoms with Gasteiger partial charge in [-0.2, -0.15) is 5.10 Å². The van der Waals surface area contributed by atoms with E-state index in [2.05, 4.69) is 36.3 Å². The summed E-state index contributed by atoms with van der Waals surface area (Å²) in [7, 11) is 3.24. The Morgan fingerprint density at radius 2 is 2.14 bits per heavy atom. The first-order valence-corrected chi connectivity index (χ1v) is 9.53. The molecule has 0 saturated heterocycles. The molecule has 1 aromatic carbocycles. The molecule has 4 rings (SSSR count). The molecule has 0 aliphatic heterocycles. The summed E-state index contributed by atoms with van der Waals surface area (Å²) in [5, 5.41) is 17.2. The number of carboxylic acid groups (broad SMARTS) is 1. The maximum absolute atomic E-state index is 11.7. The molecule has 0 atom stereocenters. The van der Waals surface area contributed by atoms with Crippen molar-refractivity contribution in [2.75, 3.05) is 12.4 Å². The van der Waals surface area contributed by atoms with Crippen molar-refractivity contribution >= 4 is 33.5 Å². The molecule has 2 heterocycles. The molecule has 0 bridgehead atoms. The standard InChI is InChI=1S/C19H18BrN5O3.K.H/c1-25-17(18(26)27)12-5-3-4-10-9-21-19(23-15(10)16(12)24-25)22-13-7-6-11(20)8-14(13)28-2;;/h6-9H,3-5H2,1-2H3,(H,26,27)(H,21,22,23);;/q;+1;-1. The number of anilines is 2. The second kappa shape index (κ2) is 9.23. The number of hydrogen-bond acceptors (Lipinski definition) is 6. The van der Waals surface area contributed by atoms with Crippen LogP contribution >= 0.6 is 15.9 Å². The van der Waals surface area contributed by atoms with E-state index in [0.717, 1.165) is 34.1 Å². The molecule has 146 valence electrons. The minimum Gasteiger partial charge on any atom is -1.00 e. The number of ether oxygens (including phenoxy) is 1. The summed E-state index contributed by atoms with van der Waals surface area (Å²) in [6.07, 6.45) is 4.02. The smallest absolute Gasteiger partial charge is 1.00 e. The zero-order chi connectivity index (χ0) is 19.8. The van der Waals surface area contributed by atoms with Crippen LogP contribution in [0.25, 0.3) is 11.4 Å². The van der Waals surface area contributed by atoms with E-state index in [1.54, 1.807) is 20.4 Å². The summed E-state index contributed by atoms with van der Waals surface area (Å²) in [4.78, 5) is 20.7. The SMILES string of the molecule is COc1cc(Br)ccc1Nc1ncc2c(n1)-c1nn(C)c(C(=O)O)c1CCC2.[H-].[K+]. The van der Waals surface area contributed by atoms with Gasteiger partial charge in [-0.05, 0) is 43.0 Å². The third-order valence-electron chi connectivity index (χ3n) is 4.72. The van der Waals surface area contributed by atoms with Gasteiger partial charge in [0.1, 0.15) is 17.1 Å². The minimum atomic E-state index is -0.980. The molecule has 0 spiro atoms. The molecule has 0 saturated carbocycles. The van der Waals surface area contributed by atoms with Crippen LogP contribution in [0.1, 0.15) is 29.5 Å². The number of nitrogens with one attached hydrogen (secondary N) is 1. The second-order valence-electron chi connectivity index (χ2n) is 6.50. The maximum atomic E-state index is 11.7. The fourth-order valence-corrected chi connectivity index (χ4v) is 3.80. The van der Waals surface area contributed by atoms with Gasteiger partial charge in [-0.3, -0.25) is 4.68 Å². The van der Waals surface area contributed by atoms with Crippen LogP contribution in [0.4, 0.5) is 11.6 Å². The van der Waals surface area contributed by atoms with Crippen molar-refractivity contribution in [3.63, 3.8) is 0 Å². The van der Waals surface area contributed by atoms with Crippen molar-refractivity contribution in [2.45, 2.75) is 19.3 Å². The molecule has 29 heavy (non-hydrogen) atoms. The number of aryl methyl sites for hydroxylation is 2. The molecule has 3 aromatic rings. The number of carboxylic acids is 1. The summed E-state index contributed by atoms with van der Waals surface area (Å²) in [5.41, 5.74) is 3.91. The number of methoxy groups -OCH3 is 1. The van der Waals surface area contributed by atoms with Crippen molar-refractivity contribution in [2.24, 2.45) is 7.05 Å². The first-order valence-electron chi connectivity index (χ1n) is 8.74. The fourth-order valence-electron chi connectivity index (χ4n) is 3.46. The number of halogens is 1. The molecular weight excluding hydrogens is 465 g/mol. The number of nitrogens with zero attached hydrogens (tertiary/aromatic N) is 4. The van der Waals surface area contributed by atoms with Gasteiger partial charge in [-0.15, -0.1) is 0 Å². The molecule has 2 aromatic heterocycles. The predicted octanol–water partition coefficient (Wildman–Crippen LogP) is 0.695. The average Bonchev–Trinajstić information content (AvgIpc) is 2.90. The van der Waals surface area contributed by atoms with E-state index in [1.165, 1.54) is 4.68 Å². The zero-order valence-corrected chi connectivity index (χ0v) is 21.1. The molecule has 0 fully saturated rings. The third kappa shape index (κ3) is 4.42. The summed E-state index contributed by atoms with van der Waals surface area (Å²) in [5.74, 6) is 0.0704. The van der Waals surface area contributed by atoms with Crippen molar-refractivity contribution in [3.8, 4) is 17.1 Å². The summed E-state index contributed by atoms with van der Waals surface area (Å²) >= 11 is 3.42. The maximum Gasteiger partial charge on any atom is 1.00 e. The van der Waals surface area contributed by atoms with Crippen LogP contribution in [0.5, 0.6) is 5.75 Å². The summed E-state index contributed by atoms with van der Waals surface area (Å²) in [6.45, 7) is 0. The normalized spacial score (nSPS) is 12.2. The molecule has 1 aliphatic rings. The van der Waals surface area contributed by atoms with Gasteiger partial charge in [0.15, 0.2) is 0 Å². The van der Waals surface area contributed by atoms with Gasteiger partial charge in [-0.1, -0.05) is 15.9 Å². The van der Waals surface area contributed by atoms with Crippen LogP contribution < -0.4 is 61.4 Å². The Labute approximate surface area is 220 Å². The van der Waals surface area contributed by atoms with Gasteiger partial charge in [0, 0.05) is 23.3 Å². The van der Waals surface area contributed by atoms with Gasteiger partial charge in [-0.25, -0.2) is 14.8 Å². The van der Waals surface area contributed by atoms with Gasteiger partial charge < -0.3 is 16.6 Å². The van der Waals surface area contributed by atoms with Crippen LogP contribution in [-0.2, 0) is 19.9 Å². The molecule has 0 unspecified atom stereocenters. The average molecular weight is 484 g/mol. The molecule has 1 aliphatic carbocycles. The molecule has 2 N–H and O–H groups in total. The number of aromatic carboxylic acids is 1. The molecular formula is C19H19BrKN5O3. The monoisotopic (exact) mass is 483 g/mol. The molecule has 8 nitrogen and oxygen atoms in total. The van der Waals surface area contributed by atoms with Crippen molar-refractivity contribution in [3.05, 3.63) is 45.7 Å². The Balaban J connectivity index is 0.00000160. The number of aromatic nitrogens is 4. The zero-order valence-electron chi connectivity index (χ0n) is 17.4. The van der Waals surface area contributed by atoms with Gasteiger partial charge in [0.05, 0.1) is 18.5 Å².